The Balaban J connectivity index is 2.32. The molecule has 11 heavy (non-hydrogen) atoms. The lowest BCUT2D eigenvalue weighted by molar-refractivity contribution is 0.529. The average molecular weight is 153 g/mol. The van der Waals surface area contributed by atoms with E-state index in [4.69, 9.17) is 0 Å². The molecule has 0 aromatic rings. The number of hydrogen-bond donors (Lipinski definition) is 1. The van der Waals surface area contributed by atoms with E-state index in [0.29, 0.717) is 6.04 Å². The van der Waals surface area contributed by atoms with Crippen LogP contribution in [0.3, 0.4) is 0 Å². The first-order chi connectivity index (χ1) is 5.15. The second-order valence-electron chi connectivity index (χ2n) is 3.88. The summed E-state index contributed by atoms with van der Waals surface area (Å²) >= 11 is 0. The van der Waals surface area contributed by atoms with Crippen LogP contribution in [0, 0.1) is 11.8 Å². The molecule has 3 unspecified atom stereocenters. The fourth-order valence-corrected chi connectivity index (χ4v) is 1.64. The zero-order chi connectivity index (χ0) is 8.43. The smallest absolute Gasteiger partial charge is 0.00698 e. The molecule has 1 nitrogen and oxygen atoms in total. The van der Waals surface area contributed by atoms with Gasteiger partial charge >= 0.3 is 0 Å². The fourth-order valence-electron chi connectivity index (χ4n) is 1.64. The van der Waals surface area contributed by atoms with Gasteiger partial charge in [0.15, 0.2) is 0 Å². The van der Waals surface area contributed by atoms with Gasteiger partial charge in [-0.1, -0.05) is 11.6 Å². The van der Waals surface area contributed by atoms with Crippen LogP contribution in [0.2, 0.25) is 0 Å². The molecule has 3 atom stereocenters. The normalized spacial score (nSPS) is 31.3. The molecule has 0 saturated heterocycles. The van der Waals surface area contributed by atoms with Gasteiger partial charge in [-0.2, -0.15) is 0 Å². The lowest BCUT2D eigenvalue weighted by Gasteiger charge is -2.07. The summed E-state index contributed by atoms with van der Waals surface area (Å²) in [6.45, 7) is 6.63. The summed E-state index contributed by atoms with van der Waals surface area (Å²) in [4.78, 5) is 0. The van der Waals surface area contributed by atoms with E-state index in [-0.39, 0.29) is 0 Å². The van der Waals surface area contributed by atoms with E-state index in [1.165, 1.54) is 12.0 Å². The van der Waals surface area contributed by atoms with Gasteiger partial charge in [0.1, 0.15) is 0 Å². The van der Waals surface area contributed by atoms with Gasteiger partial charge < -0.3 is 5.32 Å². The van der Waals surface area contributed by atoms with Crippen LogP contribution >= 0.6 is 0 Å². The molecule has 0 radical (unpaired) electrons. The zero-order valence-corrected chi connectivity index (χ0v) is 8.02. The monoisotopic (exact) mass is 153 g/mol. The van der Waals surface area contributed by atoms with Crippen molar-refractivity contribution in [2.24, 2.45) is 11.8 Å². The first kappa shape index (κ1) is 8.79. The topological polar surface area (TPSA) is 12.0 Å². The first-order valence-corrected chi connectivity index (χ1v) is 4.47. The highest BCUT2D eigenvalue weighted by atomic mass is 14.9. The fraction of sp³-hybridized carbons (Fsp3) is 0.800. The van der Waals surface area contributed by atoms with Gasteiger partial charge in [0.2, 0.25) is 0 Å². The third-order valence-corrected chi connectivity index (χ3v) is 2.54. The molecule has 1 aliphatic carbocycles. The van der Waals surface area contributed by atoms with Crippen molar-refractivity contribution >= 4 is 0 Å². The minimum absolute atomic E-state index is 0.690. The molecule has 0 spiro atoms. The van der Waals surface area contributed by atoms with Gasteiger partial charge in [0.05, 0.1) is 0 Å². The highest BCUT2D eigenvalue weighted by Crippen LogP contribution is 2.42. The summed E-state index contributed by atoms with van der Waals surface area (Å²) in [5.41, 5.74) is 1.46. The molecule has 64 valence electrons. The lowest BCUT2D eigenvalue weighted by Crippen LogP contribution is -2.23. The van der Waals surface area contributed by atoms with E-state index < -0.39 is 0 Å². The Morgan fingerprint density at radius 1 is 1.55 bits per heavy atom. The molecule has 1 rings (SSSR count). The second-order valence-corrected chi connectivity index (χ2v) is 3.88. The van der Waals surface area contributed by atoms with Crippen molar-refractivity contribution in [3.8, 4) is 0 Å². The number of rotatable bonds is 3. The third kappa shape index (κ3) is 2.33. The van der Waals surface area contributed by atoms with Crippen LogP contribution in [0.5, 0.6) is 0 Å². The molecule has 1 heteroatoms. The van der Waals surface area contributed by atoms with Crippen molar-refractivity contribution in [1.82, 2.24) is 5.32 Å². The zero-order valence-electron chi connectivity index (χ0n) is 8.02. The van der Waals surface area contributed by atoms with Gasteiger partial charge in [0.25, 0.3) is 0 Å². The van der Waals surface area contributed by atoms with Crippen LogP contribution in [-0.4, -0.2) is 13.1 Å². The van der Waals surface area contributed by atoms with E-state index in [1.807, 2.05) is 7.05 Å². The van der Waals surface area contributed by atoms with Crippen LogP contribution in [0.4, 0.5) is 0 Å². The van der Waals surface area contributed by atoms with Gasteiger partial charge in [-0.15, -0.1) is 0 Å². The Kier molecular flexibility index (Phi) is 2.72. The predicted molar refractivity (Wildman–Crippen MR) is 49.5 cm³/mol. The van der Waals surface area contributed by atoms with Crippen molar-refractivity contribution < 1.29 is 0 Å². The first-order valence-electron chi connectivity index (χ1n) is 4.47. The summed E-state index contributed by atoms with van der Waals surface area (Å²) in [5.74, 6) is 1.76. The summed E-state index contributed by atoms with van der Waals surface area (Å²) in [7, 11) is 2.04. The number of nitrogens with one attached hydrogen (secondary N) is 1. The second kappa shape index (κ2) is 3.40. The van der Waals surface area contributed by atoms with Crippen LogP contribution in [0.1, 0.15) is 27.2 Å². The average Bonchev–Trinajstić information content (AvgIpc) is 2.65. The maximum absolute atomic E-state index is 3.30. The molecule has 0 aromatic heterocycles. The molecule has 1 saturated carbocycles. The van der Waals surface area contributed by atoms with Gasteiger partial charge in [-0.25, -0.2) is 0 Å². The van der Waals surface area contributed by atoms with E-state index in [1.54, 1.807) is 0 Å². The molecule has 0 heterocycles. The van der Waals surface area contributed by atoms with E-state index in [0.717, 1.165) is 11.8 Å². The minimum atomic E-state index is 0.690. The highest BCUT2D eigenvalue weighted by Gasteiger charge is 2.38. The Hall–Kier alpha value is -0.300. The molecule has 1 fully saturated rings. The Bertz CT molecular complexity index is 156. The molecular weight excluding hydrogens is 134 g/mol. The minimum Gasteiger partial charge on any atom is -0.317 e. The van der Waals surface area contributed by atoms with Crippen LogP contribution < -0.4 is 5.32 Å². The molecule has 0 amide bonds. The Morgan fingerprint density at radius 3 is 2.64 bits per heavy atom. The van der Waals surface area contributed by atoms with Gasteiger partial charge in [-0.05, 0) is 46.1 Å². The van der Waals surface area contributed by atoms with Gasteiger partial charge in [0, 0.05) is 6.04 Å². The Morgan fingerprint density at radius 2 is 2.18 bits per heavy atom. The quantitative estimate of drug-likeness (QED) is 0.613. The van der Waals surface area contributed by atoms with Crippen molar-refractivity contribution in [2.45, 2.75) is 33.2 Å². The molecule has 0 aliphatic heterocycles. The molecule has 1 N–H and O–H groups in total. The lowest BCUT2D eigenvalue weighted by atomic mass is 10.1. The third-order valence-electron chi connectivity index (χ3n) is 2.54. The SMILES string of the molecule is CNC(C)C1CC1C=C(C)C. The van der Waals surface area contributed by atoms with Crippen LogP contribution in [-0.2, 0) is 0 Å². The molecule has 0 aromatic carbocycles. The number of hydrogen-bond acceptors (Lipinski definition) is 1. The van der Waals surface area contributed by atoms with Crippen molar-refractivity contribution in [1.29, 1.82) is 0 Å². The molecule has 1 aliphatic rings. The standard InChI is InChI=1S/C10H19N/c1-7(2)5-9-6-10(9)8(3)11-4/h5,8-11H,6H2,1-4H3. The highest BCUT2D eigenvalue weighted by molar-refractivity contribution is 5.09. The Labute approximate surface area is 69.9 Å². The van der Waals surface area contributed by atoms with E-state index >= 15 is 0 Å². The maximum atomic E-state index is 3.30. The van der Waals surface area contributed by atoms with Crippen molar-refractivity contribution in [2.75, 3.05) is 7.05 Å². The summed E-state index contributed by atoms with van der Waals surface area (Å²) < 4.78 is 0. The molecule has 0 bridgehead atoms. The summed E-state index contributed by atoms with van der Waals surface area (Å²) in [6.07, 6.45) is 3.78. The van der Waals surface area contributed by atoms with Crippen molar-refractivity contribution in [3.63, 3.8) is 0 Å². The van der Waals surface area contributed by atoms with Crippen LogP contribution in [0.15, 0.2) is 11.6 Å². The predicted octanol–water partition coefficient (Wildman–Crippen LogP) is 2.20. The van der Waals surface area contributed by atoms with E-state index in [9.17, 15) is 0 Å². The number of allylic oxidation sites excluding steroid dienone is 2. The largest absolute Gasteiger partial charge is 0.317 e. The van der Waals surface area contributed by atoms with E-state index in [2.05, 4.69) is 32.2 Å². The van der Waals surface area contributed by atoms with Crippen molar-refractivity contribution in [3.05, 3.63) is 11.6 Å². The summed E-state index contributed by atoms with van der Waals surface area (Å²) in [6, 6.07) is 0.690. The van der Waals surface area contributed by atoms with Gasteiger partial charge in [-0.3, -0.25) is 0 Å². The summed E-state index contributed by atoms with van der Waals surface area (Å²) in [5, 5.41) is 3.30. The maximum Gasteiger partial charge on any atom is 0.00698 e. The van der Waals surface area contributed by atoms with Crippen LogP contribution in [0.25, 0.3) is 0 Å². The molecular formula is C10H19N.